The zero-order valence-corrected chi connectivity index (χ0v) is 35.7. The number of likely N-dealkylation sites (tertiary alicyclic amines) is 1. The van der Waals surface area contributed by atoms with Crippen molar-refractivity contribution in [3.8, 4) is 11.5 Å². The quantitative estimate of drug-likeness (QED) is 0.204. The number of hydrogen-bond acceptors (Lipinski definition) is 20. The Morgan fingerprint density at radius 1 is 0.661 bits per heavy atom. The molecule has 5 rings (SSSR count). The fraction of sp³-hybridized carbons (Fsp3) is 0.659. The van der Waals surface area contributed by atoms with E-state index < -0.39 is 109 Å². The highest BCUT2D eigenvalue weighted by molar-refractivity contribution is 5.77. The number of rotatable bonds is 14. The summed E-state index contributed by atoms with van der Waals surface area (Å²) < 4.78 is 62.7. The first-order chi connectivity index (χ1) is 29.3. The van der Waals surface area contributed by atoms with E-state index in [0.29, 0.717) is 18.4 Å². The van der Waals surface area contributed by atoms with E-state index in [2.05, 4.69) is 11.8 Å². The average molecular weight is 880 g/mol. The highest BCUT2D eigenvalue weighted by Crippen LogP contribution is 2.46. The Morgan fingerprint density at radius 3 is 1.65 bits per heavy atom. The third-order valence-electron chi connectivity index (χ3n) is 10.7. The van der Waals surface area contributed by atoms with Gasteiger partial charge in [0.1, 0.15) is 0 Å². The summed E-state index contributed by atoms with van der Waals surface area (Å²) in [7, 11) is 1.04. The van der Waals surface area contributed by atoms with Gasteiger partial charge in [-0.05, 0) is 62.7 Å². The monoisotopic (exact) mass is 879 g/mol. The molecular weight excluding hydrogens is 826 g/mol. The number of carboxylic acids is 1. The number of nitrogens with zero attached hydrogens (tertiary/aromatic N) is 1. The summed E-state index contributed by atoms with van der Waals surface area (Å²) in [6.45, 7) is 10.0. The normalized spacial score (nSPS) is 30.5. The molecule has 1 aromatic rings. The van der Waals surface area contributed by atoms with Crippen LogP contribution in [0, 0.1) is 5.92 Å². The molecule has 0 saturated carbocycles. The molecule has 1 aromatic carbocycles. The van der Waals surface area contributed by atoms with Crippen LogP contribution >= 0.6 is 0 Å². The van der Waals surface area contributed by atoms with Crippen LogP contribution in [0.5, 0.6) is 11.5 Å². The Bertz CT molecular complexity index is 1880. The Morgan fingerprint density at radius 2 is 1.15 bits per heavy atom. The maximum atomic E-state index is 13.3. The Hall–Kier alpha value is -5.54. The van der Waals surface area contributed by atoms with Crippen molar-refractivity contribution >= 4 is 47.8 Å². The molecule has 0 spiro atoms. The Labute approximate surface area is 356 Å². The SMILES string of the molecule is CCCN1CCC[C@@H]2Cc3c(ccc(OC4OC(C(=O)O)C(OC(C)=O)C(OC(C)=O)C4OC(C)=O)c3O[C@@H]3O[C@H](C(=O)OC)[C@@H](OC(C)=O)[C@H](OC(C)=O)[C@H]3OC(C)=O)C[C@H]21. The molecule has 21 nitrogen and oxygen atoms in total. The molecule has 0 radical (unpaired) electrons. The Balaban J connectivity index is 1.69. The second-order valence-corrected chi connectivity index (χ2v) is 15.3. The lowest BCUT2D eigenvalue weighted by Crippen LogP contribution is -2.64. The number of carbonyl (C=O) groups is 8. The zero-order valence-electron chi connectivity index (χ0n) is 35.7. The second-order valence-electron chi connectivity index (χ2n) is 15.3. The van der Waals surface area contributed by atoms with Crippen LogP contribution in [0.3, 0.4) is 0 Å². The molecule has 4 aliphatic rings. The van der Waals surface area contributed by atoms with Gasteiger partial charge in [-0.2, -0.15) is 0 Å². The average Bonchev–Trinajstić information content (AvgIpc) is 3.17. The predicted octanol–water partition coefficient (Wildman–Crippen LogP) is 1.33. The Kier molecular flexibility index (Phi) is 15.7. The molecular formula is C41H53NO20. The van der Waals surface area contributed by atoms with Crippen LogP contribution in [0.4, 0.5) is 0 Å². The van der Waals surface area contributed by atoms with Crippen LogP contribution in [0.1, 0.15) is 78.9 Å². The molecule has 62 heavy (non-hydrogen) atoms. The summed E-state index contributed by atoms with van der Waals surface area (Å²) in [5.41, 5.74) is 1.37. The van der Waals surface area contributed by atoms with Gasteiger partial charge in [0.2, 0.25) is 24.8 Å². The summed E-state index contributed by atoms with van der Waals surface area (Å²) in [5.74, 6) is -8.49. The number of aliphatic carboxylic acids is 1. The lowest BCUT2D eigenvalue weighted by atomic mass is 9.75. The molecule has 3 saturated heterocycles. The lowest BCUT2D eigenvalue weighted by Gasteiger charge is -2.46. The number of benzene rings is 1. The largest absolute Gasteiger partial charge is 0.479 e. The first kappa shape index (κ1) is 47.5. The van der Waals surface area contributed by atoms with Gasteiger partial charge in [-0.3, -0.25) is 33.7 Å². The molecule has 0 aromatic heterocycles. The van der Waals surface area contributed by atoms with Gasteiger partial charge in [-0.1, -0.05) is 13.0 Å². The van der Waals surface area contributed by atoms with Gasteiger partial charge in [-0.15, -0.1) is 0 Å². The molecule has 3 fully saturated rings. The van der Waals surface area contributed by atoms with E-state index in [-0.39, 0.29) is 23.5 Å². The highest BCUT2D eigenvalue weighted by Gasteiger charge is 2.58. The van der Waals surface area contributed by atoms with Crippen molar-refractivity contribution in [2.45, 2.75) is 148 Å². The number of hydrogen-bond donors (Lipinski definition) is 1. The van der Waals surface area contributed by atoms with Gasteiger partial charge < -0.3 is 57.2 Å². The number of fused-ring (bicyclic) bond motifs is 2. The third kappa shape index (κ3) is 11.1. The molecule has 342 valence electrons. The van der Waals surface area contributed by atoms with E-state index in [1.165, 1.54) is 6.07 Å². The number of esters is 7. The molecule has 0 amide bonds. The number of piperidine rings is 1. The molecule has 5 unspecified atom stereocenters. The van der Waals surface area contributed by atoms with E-state index in [9.17, 15) is 43.5 Å². The third-order valence-corrected chi connectivity index (χ3v) is 10.7. The molecule has 1 N–H and O–H groups in total. The van der Waals surface area contributed by atoms with Crippen LogP contribution in [0.15, 0.2) is 12.1 Å². The minimum atomic E-state index is -2.03. The number of methoxy groups -OCH3 is 1. The topological polar surface area (TPSA) is 262 Å². The highest BCUT2D eigenvalue weighted by atomic mass is 16.8. The van der Waals surface area contributed by atoms with Gasteiger partial charge >= 0.3 is 47.8 Å². The second kappa shape index (κ2) is 20.6. The van der Waals surface area contributed by atoms with E-state index >= 15 is 0 Å². The van der Waals surface area contributed by atoms with Gasteiger partial charge in [0.05, 0.1) is 7.11 Å². The minimum absolute atomic E-state index is 0.0879. The van der Waals surface area contributed by atoms with Gasteiger partial charge in [0, 0.05) is 53.1 Å². The number of carbonyl (C=O) groups excluding carboxylic acids is 7. The summed E-state index contributed by atoms with van der Waals surface area (Å²) in [4.78, 5) is 103. The predicted molar refractivity (Wildman–Crippen MR) is 204 cm³/mol. The van der Waals surface area contributed by atoms with E-state index in [4.69, 9.17) is 52.1 Å². The smallest absolute Gasteiger partial charge is 0.339 e. The lowest BCUT2D eigenvalue weighted by molar-refractivity contribution is -0.286. The minimum Gasteiger partial charge on any atom is -0.479 e. The van der Waals surface area contributed by atoms with Crippen molar-refractivity contribution in [1.29, 1.82) is 0 Å². The van der Waals surface area contributed by atoms with Crippen molar-refractivity contribution in [3.63, 3.8) is 0 Å². The first-order valence-electron chi connectivity index (χ1n) is 20.2. The van der Waals surface area contributed by atoms with Crippen LogP contribution in [0.2, 0.25) is 0 Å². The molecule has 0 bridgehead atoms. The maximum Gasteiger partial charge on any atom is 0.339 e. The molecule has 1 aliphatic carbocycles. The van der Waals surface area contributed by atoms with Crippen molar-refractivity contribution in [3.05, 3.63) is 23.3 Å². The van der Waals surface area contributed by atoms with Crippen molar-refractivity contribution < 1.29 is 95.6 Å². The molecule has 3 aliphatic heterocycles. The van der Waals surface area contributed by atoms with Gasteiger partial charge in [-0.25, -0.2) is 9.59 Å². The van der Waals surface area contributed by atoms with E-state index in [1.54, 1.807) is 6.07 Å². The van der Waals surface area contributed by atoms with Crippen molar-refractivity contribution in [2.24, 2.45) is 5.92 Å². The number of carboxylic acid groups (broad SMARTS) is 1. The van der Waals surface area contributed by atoms with Crippen molar-refractivity contribution in [2.75, 3.05) is 20.2 Å². The first-order valence-corrected chi connectivity index (χ1v) is 20.2. The fourth-order valence-electron chi connectivity index (χ4n) is 8.57. The zero-order chi connectivity index (χ0) is 45.6. The summed E-state index contributed by atoms with van der Waals surface area (Å²) >= 11 is 0. The molecule has 21 heteroatoms. The summed E-state index contributed by atoms with van der Waals surface area (Å²) in [6.07, 6.45) is -14.4. The van der Waals surface area contributed by atoms with E-state index in [0.717, 1.165) is 86.6 Å². The number of ether oxygens (including phenoxy) is 11. The maximum absolute atomic E-state index is 13.3. The van der Waals surface area contributed by atoms with Gasteiger partial charge in [0.15, 0.2) is 48.1 Å². The van der Waals surface area contributed by atoms with Gasteiger partial charge in [0.25, 0.3) is 0 Å². The molecule has 3 heterocycles. The standard InChI is InChI=1S/C41H53NO20/c1-9-14-42-15-10-11-25-16-26-24(17-27(25)42)12-13-28(59-40-36(57-22(6)47)32(55-20(4)45)30(53-18(2)43)34(61-40)38(49)50)29(26)60-41-37(58-23(7)48)33(56-21(5)46)31(54-19(3)44)35(62-41)39(51)52-8/h12-13,25,27,30-37,40-41H,9-11,14-17H2,1-8H3,(H,49,50)/t25-,27-,30?,31+,32?,33+,34?,35+,36?,37-,40?,41-/m1/s1. The summed E-state index contributed by atoms with van der Waals surface area (Å²) in [5, 5.41) is 10.3. The fourth-order valence-corrected chi connectivity index (χ4v) is 8.57. The van der Waals surface area contributed by atoms with Crippen molar-refractivity contribution in [1.82, 2.24) is 4.90 Å². The van der Waals surface area contributed by atoms with Crippen LogP contribution in [-0.2, 0) is 93.8 Å². The van der Waals surface area contributed by atoms with Crippen LogP contribution in [0.25, 0.3) is 0 Å². The summed E-state index contributed by atoms with van der Waals surface area (Å²) in [6, 6.07) is 3.39. The van der Waals surface area contributed by atoms with E-state index in [1.807, 2.05) is 0 Å². The van der Waals surface area contributed by atoms with Crippen LogP contribution < -0.4 is 9.47 Å². The molecule has 12 atom stereocenters. The van der Waals surface area contributed by atoms with Crippen LogP contribution in [-0.4, -0.2) is 145 Å².